The third kappa shape index (κ3) is 6.43. The number of hydrogen-bond acceptors (Lipinski definition) is 6. The van der Waals surface area contributed by atoms with Crippen molar-refractivity contribution in [2.75, 3.05) is 46.0 Å². The number of carboxylic acid groups (broad SMARTS) is 1. The van der Waals surface area contributed by atoms with Gasteiger partial charge in [-0.3, -0.25) is 9.48 Å². The Balaban J connectivity index is 2.53. The third-order valence-electron chi connectivity index (χ3n) is 3.40. The predicted octanol–water partition coefficient (Wildman–Crippen LogP) is -0.469. The first-order valence-electron chi connectivity index (χ1n) is 8.00. The van der Waals surface area contributed by atoms with Gasteiger partial charge in [-0.1, -0.05) is 0 Å². The lowest BCUT2D eigenvalue weighted by molar-refractivity contribution is -0.510. The molecule has 0 unspecified atom stereocenters. The summed E-state index contributed by atoms with van der Waals surface area (Å²) >= 11 is 0. The number of carboxylic acids is 1. The van der Waals surface area contributed by atoms with E-state index in [0.717, 1.165) is 25.7 Å². The molecule has 0 aromatic rings. The molecule has 0 aliphatic carbocycles. The highest BCUT2D eigenvalue weighted by Gasteiger charge is 2.41. The number of aliphatic carboxylic acids is 1. The lowest BCUT2D eigenvalue weighted by Gasteiger charge is -2.28. The minimum atomic E-state index is -2.61. The minimum absolute atomic E-state index is 0.0554. The summed E-state index contributed by atoms with van der Waals surface area (Å²) in [5, 5.41) is 10.5. The van der Waals surface area contributed by atoms with Crippen LogP contribution in [-0.4, -0.2) is 76.6 Å². The van der Waals surface area contributed by atoms with Crippen molar-refractivity contribution >= 4 is 21.1 Å². The van der Waals surface area contributed by atoms with Crippen molar-refractivity contribution in [2.24, 2.45) is 0 Å². The summed E-state index contributed by atoms with van der Waals surface area (Å²) in [4.78, 5) is 12.5. The lowest BCUT2D eigenvalue weighted by Crippen LogP contribution is -2.47. The normalized spacial score (nSPS) is 15.2. The largest absolute Gasteiger partial charge is 0.550 e. The van der Waals surface area contributed by atoms with Gasteiger partial charge in [0.2, 0.25) is 6.34 Å². The zero-order valence-electron chi connectivity index (χ0n) is 13.9. The van der Waals surface area contributed by atoms with Gasteiger partial charge >= 0.3 is 8.80 Å². The molecule has 8 heteroatoms. The highest BCUT2D eigenvalue weighted by molar-refractivity contribution is 6.60. The number of carbonyl (C=O) groups excluding carboxylic acids is 1. The van der Waals surface area contributed by atoms with E-state index in [-0.39, 0.29) is 6.42 Å². The van der Waals surface area contributed by atoms with E-state index < -0.39 is 14.8 Å². The van der Waals surface area contributed by atoms with Crippen molar-refractivity contribution in [3.05, 3.63) is 0 Å². The summed E-state index contributed by atoms with van der Waals surface area (Å²) in [7, 11) is -2.61. The van der Waals surface area contributed by atoms with Crippen LogP contribution < -0.4 is 5.11 Å². The first kappa shape index (κ1) is 19.1. The molecule has 128 valence electrons. The Morgan fingerprint density at radius 1 is 1.23 bits per heavy atom. The standard InChI is InChI=1S/C14H28N2O5Si/c1-4-19-22(20-5-2,21-6-3)12-11-16-10-9-15(13-16)8-7-14(17)18/h13H,4-12H2,1-3H3. The van der Waals surface area contributed by atoms with Gasteiger partial charge in [0.15, 0.2) is 0 Å². The number of rotatable bonds is 12. The molecule has 1 rings (SSSR count). The van der Waals surface area contributed by atoms with E-state index in [9.17, 15) is 9.90 Å². The molecule has 0 aromatic heterocycles. The van der Waals surface area contributed by atoms with Gasteiger partial charge in [0.05, 0.1) is 19.1 Å². The van der Waals surface area contributed by atoms with E-state index in [1.165, 1.54) is 0 Å². The molecule has 7 nitrogen and oxygen atoms in total. The molecule has 0 aromatic carbocycles. The maximum atomic E-state index is 10.5. The summed E-state index contributed by atoms with van der Waals surface area (Å²) in [6.07, 6.45) is 2.03. The van der Waals surface area contributed by atoms with E-state index >= 15 is 0 Å². The Morgan fingerprint density at radius 2 is 1.82 bits per heavy atom. The van der Waals surface area contributed by atoms with Crippen LogP contribution in [0.5, 0.6) is 0 Å². The second-order valence-electron chi connectivity index (χ2n) is 5.04. The van der Waals surface area contributed by atoms with Crippen LogP contribution in [0.4, 0.5) is 0 Å². The molecule has 1 aliphatic heterocycles. The van der Waals surface area contributed by atoms with Crippen LogP contribution in [0.3, 0.4) is 0 Å². The molecule has 0 fully saturated rings. The zero-order valence-corrected chi connectivity index (χ0v) is 14.9. The molecule has 0 N–H and O–H groups in total. The average molecular weight is 332 g/mol. The Kier molecular flexibility index (Phi) is 8.62. The second-order valence-corrected chi connectivity index (χ2v) is 7.77. The average Bonchev–Trinajstić information content (AvgIpc) is 2.92. The van der Waals surface area contributed by atoms with E-state index in [0.29, 0.717) is 26.4 Å². The minimum Gasteiger partial charge on any atom is -0.550 e. The highest BCUT2D eigenvalue weighted by Crippen LogP contribution is 2.16. The number of nitrogens with zero attached hydrogens (tertiary/aromatic N) is 2. The fourth-order valence-electron chi connectivity index (χ4n) is 2.46. The quantitative estimate of drug-likeness (QED) is 0.355. The molecule has 0 saturated carbocycles. The predicted molar refractivity (Wildman–Crippen MR) is 82.7 cm³/mol. The van der Waals surface area contributed by atoms with Crippen LogP contribution >= 0.6 is 0 Å². The summed E-state index contributed by atoms with van der Waals surface area (Å²) in [5.74, 6) is -1.01. The van der Waals surface area contributed by atoms with Crippen molar-refractivity contribution < 1.29 is 27.8 Å². The van der Waals surface area contributed by atoms with Crippen molar-refractivity contribution in [3.63, 3.8) is 0 Å². The molecular weight excluding hydrogens is 304 g/mol. The van der Waals surface area contributed by atoms with Crippen molar-refractivity contribution in [1.82, 2.24) is 4.90 Å². The zero-order chi connectivity index (χ0) is 16.4. The van der Waals surface area contributed by atoms with Crippen LogP contribution in [-0.2, 0) is 18.1 Å². The molecular formula is C14H28N2O5Si. The summed E-state index contributed by atoms with van der Waals surface area (Å²) in [6, 6.07) is 0.730. The van der Waals surface area contributed by atoms with E-state index in [1.54, 1.807) is 0 Å². The molecule has 22 heavy (non-hydrogen) atoms. The molecule has 1 heterocycles. The lowest BCUT2D eigenvalue weighted by atomic mass is 10.4. The van der Waals surface area contributed by atoms with Gasteiger partial charge in [-0.05, 0) is 20.8 Å². The third-order valence-corrected chi connectivity index (χ3v) is 6.42. The molecule has 0 atom stereocenters. The summed E-state index contributed by atoms with van der Waals surface area (Å²) in [5.41, 5.74) is 0. The first-order valence-corrected chi connectivity index (χ1v) is 9.93. The Labute approximate surface area is 133 Å². The van der Waals surface area contributed by atoms with Crippen LogP contribution in [0, 0.1) is 0 Å². The molecule has 0 saturated heterocycles. The number of hydrogen-bond donors (Lipinski definition) is 0. The Hall–Kier alpha value is -0.963. The Morgan fingerprint density at radius 3 is 2.32 bits per heavy atom. The molecule has 1 aliphatic rings. The second kappa shape index (κ2) is 9.93. The maximum absolute atomic E-state index is 10.5. The van der Waals surface area contributed by atoms with Gasteiger partial charge in [-0.15, -0.1) is 0 Å². The summed E-state index contributed by atoms with van der Waals surface area (Å²) in [6.45, 7) is 10.6. The van der Waals surface area contributed by atoms with Gasteiger partial charge in [0.25, 0.3) is 0 Å². The van der Waals surface area contributed by atoms with Crippen LogP contribution in [0.1, 0.15) is 27.2 Å². The smallest absolute Gasteiger partial charge is 0.504 e. The highest BCUT2D eigenvalue weighted by atomic mass is 28.4. The van der Waals surface area contributed by atoms with Crippen molar-refractivity contribution in [2.45, 2.75) is 33.2 Å². The van der Waals surface area contributed by atoms with Gasteiger partial charge in [0.1, 0.15) is 13.1 Å². The van der Waals surface area contributed by atoms with E-state index in [4.69, 9.17) is 13.3 Å². The Bertz CT molecular complexity index is 361. The molecule has 0 amide bonds. The fraction of sp³-hybridized carbons (Fsp3) is 0.857. The van der Waals surface area contributed by atoms with Crippen LogP contribution in [0.2, 0.25) is 6.04 Å². The van der Waals surface area contributed by atoms with Gasteiger partial charge in [0, 0.05) is 32.2 Å². The molecule has 0 spiro atoms. The van der Waals surface area contributed by atoms with E-state index in [1.807, 2.05) is 32.0 Å². The topological polar surface area (TPSA) is 74.1 Å². The number of carbonyl (C=O) groups is 1. The first-order chi connectivity index (χ1) is 10.5. The molecule has 0 bridgehead atoms. The molecule has 0 radical (unpaired) electrons. The maximum Gasteiger partial charge on any atom is 0.504 e. The van der Waals surface area contributed by atoms with Crippen molar-refractivity contribution in [1.29, 1.82) is 0 Å². The van der Waals surface area contributed by atoms with Gasteiger partial charge in [-0.25, -0.2) is 0 Å². The van der Waals surface area contributed by atoms with Gasteiger partial charge in [-0.2, -0.15) is 0 Å². The van der Waals surface area contributed by atoms with Crippen molar-refractivity contribution in [3.8, 4) is 0 Å². The van der Waals surface area contributed by atoms with Crippen LogP contribution in [0.25, 0.3) is 0 Å². The van der Waals surface area contributed by atoms with E-state index in [2.05, 4.69) is 4.58 Å². The summed E-state index contributed by atoms with van der Waals surface area (Å²) < 4.78 is 19.7. The SMILES string of the molecule is CCO[Si](CC[N+]1=CN(CCC(=O)[O-])CC1)(OCC)OCC. The fourth-order valence-corrected chi connectivity index (χ4v) is 5.02. The van der Waals surface area contributed by atoms with Crippen LogP contribution in [0.15, 0.2) is 0 Å². The van der Waals surface area contributed by atoms with Gasteiger partial charge < -0.3 is 23.2 Å². The monoisotopic (exact) mass is 332 g/mol.